The molecule has 0 spiro atoms. The number of rotatable bonds is 17. The summed E-state index contributed by atoms with van der Waals surface area (Å²) in [5, 5.41) is 17.7. The van der Waals surface area contributed by atoms with Crippen molar-refractivity contribution in [2.24, 2.45) is 0 Å². The van der Waals surface area contributed by atoms with E-state index in [1.807, 2.05) is 0 Å². The van der Waals surface area contributed by atoms with Gasteiger partial charge in [-0.3, -0.25) is 4.79 Å². The number of esters is 1. The van der Waals surface area contributed by atoms with E-state index in [1.165, 1.54) is 0 Å². The van der Waals surface area contributed by atoms with Gasteiger partial charge in [0, 0.05) is 6.42 Å². The van der Waals surface area contributed by atoms with Gasteiger partial charge in [-0.05, 0) is 44.9 Å². The van der Waals surface area contributed by atoms with E-state index in [2.05, 4.69) is 55.5 Å². The Labute approximate surface area is 165 Å². The maximum absolute atomic E-state index is 11.4. The first-order chi connectivity index (χ1) is 13.2. The summed E-state index contributed by atoms with van der Waals surface area (Å²) in [6.07, 6.45) is 26.2. The van der Waals surface area contributed by atoms with Crippen molar-refractivity contribution in [3.8, 4) is 0 Å². The number of allylic oxidation sites excluding steroid dienone is 8. The quantitative estimate of drug-likeness (QED) is 0.212. The van der Waals surface area contributed by atoms with Gasteiger partial charge in [0.1, 0.15) is 12.7 Å². The van der Waals surface area contributed by atoms with Crippen molar-refractivity contribution in [3.63, 3.8) is 0 Å². The van der Waals surface area contributed by atoms with Crippen LogP contribution in [0.3, 0.4) is 0 Å². The number of unbranched alkanes of at least 4 members (excludes halogenated alkanes) is 4. The number of aliphatic hydroxyl groups excluding tert-OH is 2. The van der Waals surface area contributed by atoms with E-state index in [0.29, 0.717) is 6.42 Å². The summed E-state index contributed by atoms with van der Waals surface area (Å²) in [5.41, 5.74) is 0. The molecule has 0 saturated carbocycles. The summed E-state index contributed by atoms with van der Waals surface area (Å²) < 4.78 is 4.85. The molecule has 0 aromatic rings. The first-order valence-electron chi connectivity index (χ1n) is 10.2. The highest BCUT2D eigenvalue weighted by atomic mass is 16.5. The first-order valence-corrected chi connectivity index (χ1v) is 10.2. The Balaban J connectivity index is 3.41. The molecule has 0 aliphatic heterocycles. The van der Waals surface area contributed by atoms with E-state index in [4.69, 9.17) is 14.9 Å². The van der Waals surface area contributed by atoms with Gasteiger partial charge in [-0.2, -0.15) is 0 Å². The molecule has 0 radical (unpaired) electrons. The van der Waals surface area contributed by atoms with Gasteiger partial charge in [-0.15, -0.1) is 0 Å². The molecule has 0 fully saturated rings. The van der Waals surface area contributed by atoms with Crippen molar-refractivity contribution >= 4 is 5.97 Å². The predicted molar refractivity (Wildman–Crippen MR) is 112 cm³/mol. The minimum Gasteiger partial charge on any atom is -0.463 e. The number of aliphatic hydroxyl groups is 2. The topological polar surface area (TPSA) is 66.8 Å². The van der Waals surface area contributed by atoms with Crippen LogP contribution in [0.2, 0.25) is 0 Å². The summed E-state index contributed by atoms with van der Waals surface area (Å²) in [4.78, 5) is 11.4. The third-order valence-electron chi connectivity index (χ3n) is 3.87. The van der Waals surface area contributed by atoms with Crippen LogP contribution in [0, 0.1) is 0 Å². The number of carbonyl (C=O) groups is 1. The van der Waals surface area contributed by atoms with Crippen LogP contribution in [0.4, 0.5) is 0 Å². The molecule has 0 aliphatic carbocycles. The van der Waals surface area contributed by atoms with Gasteiger partial charge >= 0.3 is 5.97 Å². The molecule has 0 aliphatic rings. The summed E-state index contributed by atoms with van der Waals surface area (Å²) >= 11 is 0. The highest BCUT2D eigenvalue weighted by molar-refractivity contribution is 5.69. The fraction of sp³-hybridized carbons (Fsp3) is 0.609. The van der Waals surface area contributed by atoms with Crippen LogP contribution in [0.5, 0.6) is 0 Å². The van der Waals surface area contributed by atoms with E-state index in [0.717, 1.165) is 57.8 Å². The average molecular weight is 379 g/mol. The van der Waals surface area contributed by atoms with Crippen LogP contribution < -0.4 is 0 Å². The van der Waals surface area contributed by atoms with Gasteiger partial charge in [0.2, 0.25) is 0 Å². The van der Waals surface area contributed by atoms with Gasteiger partial charge in [-0.25, -0.2) is 0 Å². The lowest BCUT2D eigenvalue weighted by molar-refractivity contribution is -0.147. The monoisotopic (exact) mass is 378 g/mol. The summed E-state index contributed by atoms with van der Waals surface area (Å²) in [7, 11) is 0. The number of carbonyl (C=O) groups excluding carboxylic acids is 1. The summed E-state index contributed by atoms with van der Waals surface area (Å²) in [6.45, 7) is 1.64. The van der Waals surface area contributed by atoms with Crippen molar-refractivity contribution in [1.82, 2.24) is 0 Å². The van der Waals surface area contributed by atoms with E-state index in [1.54, 1.807) is 0 Å². The number of hydrogen-bond acceptors (Lipinski definition) is 4. The molecule has 4 nitrogen and oxygen atoms in total. The standard InChI is InChI=1S/C23H38O4/c1-2-3-4-5-6-7-8-9-10-11-12-13-14-15-16-17-18-19-23(26)27-21-22(25)20-24/h3-4,6-7,9-10,12-13,22,24-25H,2,5,8,11,14-21H2,1H3/b4-3-,7-6-,10-9-,13-12-/t22-/m0/s1. The Morgan fingerprint density at radius 3 is 2.00 bits per heavy atom. The van der Waals surface area contributed by atoms with Crippen LogP contribution in [0.25, 0.3) is 0 Å². The highest BCUT2D eigenvalue weighted by Crippen LogP contribution is 2.07. The molecular formula is C23H38O4. The molecule has 154 valence electrons. The summed E-state index contributed by atoms with van der Waals surface area (Å²) in [6, 6.07) is 0. The smallest absolute Gasteiger partial charge is 0.305 e. The third-order valence-corrected chi connectivity index (χ3v) is 3.87. The Morgan fingerprint density at radius 2 is 1.41 bits per heavy atom. The predicted octanol–water partition coefficient (Wildman–Crippen LogP) is 5.03. The Kier molecular flexibility index (Phi) is 19.4. The molecule has 0 amide bonds. The van der Waals surface area contributed by atoms with Crippen LogP contribution in [-0.4, -0.2) is 35.5 Å². The Bertz CT molecular complexity index is 449. The second kappa shape index (κ2) is 20.7. The number of ether oxygens (including phenoxy) is 1. The van der Waals surface area contributed by atoms with Crippen LogP contribution in [0.1, 0.15) is 71.1 Å². The van der Waals surface area contributed by atoms with Crippen molar-refractivity contribution in [3.05, 3.63) is 48.6 Å². The van der Waals surface area contributed by atoms with E-state index < -0.39 is 6.10 Å². The zero-order valence-electron chi connectivity index (χ0n) is 16.9. The van der Waals surface area contributed by atoms with Crippen molar-refractivity contribution in [2.45, 2.75) is 77.2 Å². The average Bonchev–Trinajstić information content (AvgIpc) is 2.68. The van der Waals surface area contributed by atoms with Crippen LogP contribution in [-0.2, 0) is 9.53 Å². The third kappa shape index (κ3) is 20.5. The lowest BCUT2D eigenvalue weighted by Crippen LogP contribution is -2.21. The maximum Gasteiger partial charge on any atom is 0.305 e. The second-order valence-electron chi connectivity index (χ2n) is 6.47. The molecule has 0 aromatic carbocycles. The van der Waals surface area contributed by atoms with E-state index in [-0.39, 0.29) is 19.2 Å². The van der Waals surface area contributed by atoms with Crippen molar-refractivity contribution < 1.29 is 19.7 Å². The van der Waals surface area contributed by atoms with Gasteiger partial charge in [0.15, 0.2) is 0 Å². The molecule has 4 heteroatoms. The SMILES string of the molecule is CC/C=C\C/C=C\C/C=C\C/C=C\CCCCCCC(=O)OC[C@@H](O)CO. The normalized spacial score (nSPS) is 13.4. The highest BCUT2D eigenvalue weighted by Gasteiger charge is 2.07. The lowest BCUT2D eigenvalue weighted by atomic mass is 10.1. The van der Waals surface area contributed by atoms with Crippen LogP contribution >= 0.6 is 0 Å². The molecule has 2 N–H and O–H groups in total. The molecule has 1 atom stereocenters. The Hall–Kier alpha value is -1.65. The molecule has 0 unspecified atom stereocenters. The van der Waals surface area contributed by atoms with Crippen molar-refractivity contribution in [1.29, 1.82) is 0 Å². The van der Waals surface area contributed by atoms with Gasteiger partial charge in [0.25, 0.3) is 0 Å². The molecule has 0 saturated heterocycles. The van der Waals surface area contributed by atoms with E-state index >= 15 is 0 Å². The van der Waals surface area contributed by atoms with Crippen molar-refractivity contribution in [2.75, 3.05) is 13.2 Å². The van der Waals surface area contributed by atoms with Gasteiger partial charge < -0.3 is 14.9 Å². The molecule has 0 heterocycles. The minimum atomic E-state index is -0.972. The Morgan fingerprint density at radius 1 is 0.852 bits per heavy atom. The maximum atomic E-state index is 11.4. The fourth-order valence-corrected chi connectivity index (χ4v) is 2.30. The number of hydrogen-bond donors (Lipinski definition) is 2. The molecule has 0 aromatic heterocycles. The second-order valence-corrected chi connectivity index (χ2v) is 6.47. The molecular weight excluding hydrogens is 340 g/mol. The van der Waals surface area contributed by atoms with Gasteiger partial charge in [-0.1, -0.05) is 68.4 Å². The molecule has 0 rings (SSSR count). The first kappa shape index (κ1) is 25.4. The lowest BCUT2D eigenvalue weighted by Gasteiger charge is -2.08. The molecule has 27 heavy (non-hydrogen) atoms. The minimum absolute atomic E-state index is 0.124. The largest absolute Gasteiger partial charge is 0.463 e. The zero-order valence-corrected chi connectivity index (χ0v) is 16.9. The zero-order chi connectivity index (χ0) is 20.0. The van der Waals surface area contributed by atoms with Gasteiger partial charge in [0.05, 0.1) is 6.61 Å². The molecule has 0 bridgehead atoms. The van der Waals surface area contributed by atoms with Crippen LogP contribution in [0.15, 0.2) is 48.6 Å². The summed E-state index contributed by atoms with van der Waals surface area (Å²) in [5.74, 6) is -0.304. The van der Waals surface area contributed by atoms with E-state index in [9.17, 15) is 4.79 Å². The fourth-order valence-electron chi connectivity index (χ4n) is 2.30.